The minimum absolute atomic E-state index is 0.293. The first-order valence-electron chi connectivity index (χ1n) is 7.29. The maximum absolute atomic E-state index is 12.2. The molecule has 0 radical (unpaired) electrons. The molecule has 0 saturated heterocycles. The number of nitrogens with zero attached hydrogens (tertiary/aromatic N) is 1. The molecule has 0 fully saturated rings. The Bertz CT molecular complexity index is 765. The Morgan fingerprint density at radius 2 is 1.62 bits per heavy atom. The van der Waals surface area contributed by atoms with E-state index in [1.165, 1.54) is 0 Å². The lowest BCUT2D eigenvalue weighted by molar-refractivity contribution is -0.128. The first-order chi connectivity index (χ1) is 11.7. The van der Waals surface area contributed by atoms with Crippen molar-refractivity contribution in [3.05, 3.63) is 71.8 Å². The summed E-state index contributed by atoms with van der Waals surface area (Å²) in [5, 5.41) is 11.4. The predicted molar refractivity (Wildman–Crippen MR) is 91.8 cm³/mol. The van der Waals surface area contributed by atoms with Gasteiger partial charge in [-0.1, -0.05) is 60.3 Å². The van der Waals surface area contributed by atoms with Crippen LogP contribution < -0.4 is 10.8 Å². The average Bonchev–Trinajstić information content (AvgIpc) is 3.06. The summed E-state index contributed by atoms with van der Waals surface area (Å²) in [5.41, 5.74) is 3.01. The molecule has 0 aromatic heterocycles. The van der Waals surface area contributed by atoms with E-state index in [1.807, 2.05) is 36.4 Å². The van der Waals surface area contributed by atoms with Crippen molar-refractivity contribution < 1.29 is 14.8 Å². The van der Waals surface area contributed by atoms with Crippen molar-refractivity contribution in [3.8, 4) is 0 Å². The number of carbonyl (C=O) groups is 2. The molecule has 1 aliphatic rings. The molecule has 7 heteroatoms. The maximum atomic E-state index is 12.2. The summed E-state index contributed by atoms with van der Waals surface area (Å²) in [5.74, 6) is -0.847. The summed E-state index contributed by atoms with van der Waals surface area (Å²) < 4.78 is 0. The van der Waals surface area contributed by atoms with Gasteiger partial charge in [-0.15, -0.1) is 0 Å². The number of amides is 2. The fraction of sp³-hybridized carbons (Fsp3) is 0.118. The summed E-state index contributed by atoms with van der Waals surface area (Å²) >= 11 is 1.12. The average molecular weight is 341 g/mol. The summed E-state index contributed by atoms with van der Waals surface area (Å²) in [4.78, 5) is 28.6. The zero-order valence-corrected chi connectivity index (χ0v) is 13.4. The van der Waals surface area contributed by atoms with Crippen LogP contribution in [-0.4, -0.2) is 27.4 Å². The molecule has 3 N–H and O–H groups in total. The lowest BCUT2D eigenvalue weighted by atomic mass is 10.0. The van der Waals surface area contributed by atoms with E-state index in [9.17, 15) is 9.59 Å². The Morgan fingerprint density at radius 3 is 2.25 bits per heavy atom. The van der Waals surface area contributed by atoms with Crippen LogP contribution in [0.25, 0.3) is 0 Å². The lowest BCUT2D eigenvalue weighted by Crippen LogP contribution is -2.33. The fourth-order valence-electron chi connectivity index (χ4n) is 2.39. The number of carbonyl (C=O) groups excluding carboxylic acids is 2. The molecule has 2 amide bonds. The molecule has 0 saturated carbocycles. The van der Waals surface area contributed by atoms with Crippen molar-refractivity contribution in [1.82, 2.24) is 10.8 Å². The van der Waals surface area contributed by atoms with Crippen molar-refractivity contribution in [3.63, 3.8) is 0 Å². The number of thioether (sulfide) groups is 1. The van der Waals surface area contributed by atoms with Crippen molar-refractivity contribution in [2.24, 2.45) is 4.99 Å². The summed E-state index contributed by atoms with van der Waals surface area (Å²) in [7, 11) is 0. The molecule has 2 aromatic rings. The van der Waals surface area contributed by atoms with Crippen molar-refractivity contribution in [2.45, 2.75) is 11.3 Å². The van der Waals surface area contributed by atoms with Crippen LogP contribution >= 0.6 is 11.8 Å². The molecule has 24 heavy (non-hydrogen) atoms. The van der Waals surface area contributed by atoms with Crippen molar-refractivity contribution in [1.29, 1.82) is 0 Å². The van der Waals surface area contributed by atoms with Gasteiger partial charge in [-0.05, 0) is 17.7 Å². The topological polar surface area (TPSA) is 90.8 Å². The number of hydrogen-bond donors (Lipinski definition) is 3. The van der Waals surface area contributed by atoms with E-state index in [0.29, 0.717) is 10.7 Å². The van der Waals surface area contributed by atoms with Crippen molar-refractivity contribution >= 4 is 28.7 Å². The van der Waals surface area contributed by atoms with Gasteiger partial charge in [-0.25, -0.2) is 5.48 Å². The number of rotatable bonds is 3. The van der Waals surface area contributed by atoms with Gasteiger partial charge in [0.2, 0.25) is 0 Å². The Kier molecular flexibility index (Phi) is 4.93. The second-order valence-electron chi connectivity index (χ2n) is 5.12. The monoisotopic (exact) mass is 341 g/mol. The Labute approximate surface area is 142 Å². The highest BCUT2D eigenvalue weighted by atomic mass is 32.2. The van der Waals surface area contributed by atoms with Crippen LogP contribution in [0.2, 0.25) is 0 Å². The molecule has 0 spiro atoms. The van der Waals surface area contributed by atoms with Crippen LogP contribution in [0.15, 0.2) is 65.7 Å². The van der Waals surface area contributed by atoms with Gasteiger partial charge in [0.05, 0.1) is 6.04 Å². The van der Waals surface area contributed by atoms with Gasteiger partial charge in [-0.3, -0.25) is 19.8 Å². The largest absolute Gasteiger partial charge is 0.301 e. The van der Waals surface area contributed by atoms with Crippen LogP contribution in [-0.2, 0) is 4.79 Å². The fourth-order valence-corrected chi connectivity index (χ4v) is 3.46. The highest BCUT2D eigenvalue weighted by molar-refractivity contribution is 8.15. The Morgan fingerprint density at radius 1 is 1.00 bits per heavy atom. The van der Waals surface area contributed by atoms with E-state index in [4.69, 9.17) is 5.21 Å². The van der Waals surface area contributed by atoms with E-state index >= 15 is 0 Å². The van der Waals surface area contributed by atoms with Crippen LogP contribution in [0.1, 0.15) is 22.0 Å². The number of aliphatic imine (C=N–C) groups is 1. The third kappa shape index (κ3) is 3.47. The second kappa shape index (κ2) is 7.29. The van der Waals surface area contributed by atoms with Crippen LogP contribution in [0.5, 0.6) is 0 Å². The van der Waals surface area contributed by atoms with Crippen LogP contribution in [0.4, 0.5) is 0 Å². The molecular formula is C17H15N3O3S. The zero-order chi connectivity index (χ0) is 16.9. The summed E-state index contributed by atoms with van der Waals surface area (Å²) in [6.07, 6.45) is 0. The molecule has 3 rings (SSSR count). The van der Waals surface area contributed by atoms with Gasteiger partial charge in [0.1, 0.15) is 5.25 Å². The number of amidine groups is 1. The van der Waals surface area contributed by atoms with E-state index < -0.39 is 17.2 Å². The minimum atomic E-state index is -0.650. The highest BCUT2D eigenvalue weighted by Crippen LogP contribution is 2.37. The highest BCUT2D eigenvalue weighted by Gasteiger charge is 2.37. The molecule has 2 aromatic carbocycles. The van der Waals surface area contributed by atoms with E-state index in [-0.39, 0.29) is 5.91 Å². The van der Waals surface area contributed by atoms with Gasteiger partial charge >= 0.3 is 0 Å². The number of benzene rings is 2. The van der Waals surface area contributed by atoms with Crippen LogP contribution in [0, 0.1) is 0 Å². The molecule has 2 unspecified atom stereocenters. The second-order valence-corrected chi connectivity index (χ2v) is 6.25. The Balaban J connectivity index is 1.81. The van der Waals surface area contributed by atoms with Gasteiger partial charge in [0.25, 0.3) is 11.8 Å². The zero-order valence-electron chi connectivity index (χ0n) is 12.5. The molecule has 6 nitrogen and oxygen atoms in total. The summed E-state index contributed by atoms with van der Waals surface area (Å²) in [6, 6.07) is 17.6. The van der Waals surface area contributed by atoms with Crippen LogP contribution in [0.3, 0.4) is 0 Å². The number of hydroxylamine groups is 1. The van der Waals surface area contributed by atoms with Gasteiger partial charge in [-0.2, -0.15) is 0 Å². The van der Waals surface area contributed by atoms with E-state index in [0.717, 1.165) is 17.3 Å². The molecule has 2 atom stereocenters. The molecule has 1 heterocycles. The smallest absolute Gasteiger partial charge is 0.259 e. The minimum Gasteiger partial charge on any atom is -0.301 e. The molecule has 1 aliphatic heterocycles. The molecule has 0 bridgehead atoms. The number of nitrogens with one attached hydrogen (secondary N) is 2. The molecule has 122 valence electrons. The van der Waals surface area contributed by atoms with Gasteiger partial charge in [0, 0.05) is 5.56 Å². The Hall–Kier alpha value is -2.64. The standard InChI is InChI=1S/C17H15N3O3S/c21-15(12-9-5-2-6-10-12)19-17-18-13(11-7-3-1-4-8-11)14(24-17)16(22)20-23/h1-10,13-14,23H,(H,20,22)(H,18,19,21). The number of hydrogen-bond acceptors (Lipinski definition) is 5. The van der Waals surface area contributed by atoms with E-state index in [1.54, 1.807) is 29.7 Å². The van der Waals surface area contributed by atoms with Gasteiger partial charge in [0.15, 0.2) is 5.17 Å². The van der Waals surface area contributed by atoms with E-state index in [2.05, 4.69) is 10.3 Å². The SMILES string of the molecule is O=C(NC1=NC(c2ccccc2)C(C(=O)NO)S1)c1ccccc1. The first-order valence-corrected chi connectivity index (χ1v) is 8.17. The first kappa shape index (κ1) is 16.2. The predicted octanol–water partition coefficient (Wildman–Crippen LogP) is 2.13. The van der Waals surface area contributed by atoms with Crippen molar-refractivity contribution in [2.75, 3.05) is 0 Å². The normalized spacial score (nSPS) is 19.5. The molecule has 0 aliphatic carbocycles. The third-order valence-electron chi connectivity index (χ3n) is 3.55. The summed E-state index contributed by atoms with van der Waals surface area (Å²) in [6.45, 7) is 0. The lowest BCUT2D eigenvalue weighted by Gasteiger charge is -2.14. The molecular weight excluding hydrogens is 326 g/mol. The van der Waals surface area contributed by atoms with Gasteiger partial charge < -0.3 is 5.32 Å². The third-order valence-corrected chi connectivity index (χ3v) is 4.70. The quantitative estimate of drug-likeness (QED) is 0.589. The maximum Gasteiger partial charge on any atom is 0.259 e.